The molecule has 1 saturated carbocycles. The molecule has 4 nitrogen and oxygen atoms in total. The van der Waals surface area contributed by atoms with Gasteiger partial charge in [-0.05, 0) is 12.8 Å². The Hall–Kier alpha value is -1.31. The maximum Gasteiger partial charge on any atom is 0.283 e. The van der Waals surface area contributed by atoms with Gasteiger partial charge in [-0.15, -0.1) is 0 Å². The average Bonchev–Trinajstić information content (AvgIpc) is 2.97. The van der Waals surface area contributed by atoms with Gasteiger partial charge in [-0.1, -0.05) is 24.4 Å². The van der Waals surface area contributed by atoms with E-state index in [9.17, 15) is 22.4 Å². The van der Waals surface area contributed by atoms with Crippen LogP contribution in [0.3, 0.4) is 0 Å². The van der Waals surface area contributed by atoms with Crippen LogP contribution in [-0.2, 0) is 11.3 Å². The first-order valence-electron chi connectivity index (χ1n) is 6.52. The zero-order valence-electron chi connectivity index (χ0n) is 11.0. The summed E-state index contributed by atoms with van der Waals surface area (Å²) in [5.74, 6) is -0.538. The van der Waals surface area contributed by atoms with Gasteiger partial charge in [-0.2, -0.15) is 5.10 Å². The lowest BCUT2D eigenvalue weighted by Crippen LogP contribution is -2.35. The number of alkyl halides is 4. The number of hydrogen-bond acceptors (Lipinski definition) is 2. The highest BCUT2D eigenvalue weighted by atomic mass is 35.5. The second-order valence-corrected chi connectivity index (χ2v) is 5.27. The summed E-state index contributed by atoms with van der Waals surface area (Å²) in [6.07, 6.45) is -2.51. The van der Waals surface area contributed by atoms with Gasteiger partial charge in [0.05, 0.1) is 5.02 Å². The van der Waals surface area contributed by atoms with Crippen LogP contribution in [0.2, 0.25) is 5.02 Å². The van der Waals surface area contributed by atoms with E-state index in [0.717, 1.165) is 25.7 Å². The molecule has 0 atom stereocenters. The Morgan fingerprint density at radius 3 is 2.43 bits per heavy atom. The van der Waals surface area contributed by atoms with Crippen molar-refractivity contribution in [3.05, 3.63) is 16.4 Å². The SMILES string of the molecule is O=C(Cn1nc(C(F)F)c(Cl)c1C(F)F)NC1CCCC1. The van der Waals surface area contributed by atoms with Crippen molar-refractivity contribution < 1.29 is 22.4 Å². The standard InChI is InChI=1S/C12H14ClF4N3O/c13-8-9(11(14)15)19-20(10(8)12(16)17)5-7(21)18-6-3-1-2-4-6/h6,11-12H,1-5H2,(H,18,21). The average molecular weight is 328 g/mol. The van der Waals surface area contributed by atoms with E-state index < -0.39 is 41.7 Å². The first kappa shape index (κ1) is 16.1. The van der Waals surface area contributed by atoms with E-state index in [-0.39, 0.29) is 6.04 Å². The van der Waals surface area contributed by atoms with Gasteiger partial charge >= 0.3 is 0 Å². The number of nitrogens with zero attached hydrogens (tertiary/aromatic N) is 2. The summed E-state index contributed by atoms with van der Waals surface area (Å²) in [6, 6.07) is 0.00750. The molecule has 1 aromatic heterocycles. The summed E-state index contributed by atoms with van der Waals surface area (Å²) >= 11 is 5.50. The van der Waals surface area contributed by atoms with Crippen molar-refractivity contribution in [3.8, 4) is 0 Å². The van der Waals surface area contributed by atoms with Crippen molar-refractivity contribution >= 4 is 17.5 Å². The molecule has 2 rings (SSSR count). The number of aromatic nitrogens is 2. The molecule has 0 radical (unpaired) electrons. The lowest BCUT2D eigenvalue weighted by Gasteiger charge is -2.13. The van der Waals surface area contributed by atoms with E-state index in [1.54, 1.807) is 0 Å². The lowest BCUT2D eigenvalue weighted by molar-refractivity contribution is -0.122. The first-order chi connectivity index (χ1) is 9.90. The highest BCUT2D eigenvalue weighted by Gasteiger charge is 2.29. The van der Waals surface area contributed by atoms with E-state index in [4.69, 9.17) is 11.6 Å². The molecule has 1 heterocycles. The van der Waals surface area contributed by atoms with Crippen LogP contribution in [-0.4, -0.2) is 21.7 Å². The van der Waals surface area contributed by atoms with Gasteiger partial charge in [0.2, 0.25) is 5.91 Å². The fourth-order valence-electron chi connectivity index (χ4n) is 2.42. The van der Waals surface area contributed by atoms with Gasteiger partial charge in [-0.3, -0.25) is 9.48 Å². The van der Waals surface area contributed by atoms with Crippen molar-refractivity contribution in [1.82, 2.24) is 15.1 Å². The van der Waals surface area contributed by atoms with Crippen molar-refractivity contribution in [2.45, 2.75) is 51.1 Å². The molecule has 0 aromatic carbocycles. The Labute approximate surface area is 123 Å². The minimum Gasteiger partial charge on any atom is -0.352 e. The molecule has 1 aliphatic rings. The normalized spacial score (nSPS) is 16.1. The minimum absolute atomic E-state index is 0.00750. The predicted octanol–water partition coefficient (Wildman–Crippen LogP) is 3.47. The molecule has 1 amide bonds. The summed E-state index contributed by atoms with van der Waals surface area (Å²) in [5, 5.41) is 5.23. The van der Waals surface area contributed by atoms with Crippen LogP contribution in [0.15, 0.2) is 0 Å². The third kappa shape index (κ3) is 3.66. The largest absolute Gasteiger partial charge is 0.352 e. The van der Waals surface area contributed by atoms with Crippen LogP contribution >= 0.6 is 11.6 Å². The Morgan fingerprint density at radius 1 is 1.29 bits per heavy atom. The molecule has 9 heteroatoms. The topological polar surface area (TPSA) is 46.9 Å². The molecule has 1 aliphatic carbocycles. The molecule has 0 spiro atoms. The van der Waals surface area contributed by atoms with Gasteiger partial charge in [0.25, 0.3) is 12.9 Å². The minimum atomic E-state index is -3.09. The maximum atomic E-state index is 12.9. The van der Waals surface area contributed by atoms with E-state index in [1.807, 2.05) is 0 Å². The third-order valence-corrected chi connectivity index (χ3v) is 3.77. The summed E-state index contributed by atoms with van der Waals surface area (Å²) in [6.45, 7) is -0.553. The van der Waals surface area contributed by atoms with Crippen molar-refractivity contribution in [1.29, 1.82) is 0 Å². The van der Waals surface area contributed by atoms with Crippen LogP contribution in [0, 0.1) is 0 Å². The van der Waals surface area contributed by atoms with Crippen LogP contribution in [0.4, 0.5) is 17.6 Å². The predicted molar refractivity (Wildman–Crippen MR) is 67.5 cm³/mol. The van der Waals surface area contributed by atoms with Gasteiger partial charge in [0, 0.05) is 6.04 Å². The van der Waals surface area contributed by atoms with Crippen LogP contribution in [0.5, 0.6) is 0 Å². The molecule has 118 valence electrons. The molecule has 1 aromatic rings. The number of rotatable bonds is 5. The second-order valence-electron chi connectivity index (χ2n) is 4.89. The van der Waals surface area contributed by atoms with Crippen molar-refractivity contribution in [2.24, 2.45) is 0 Å². The van der Waals surface area contributed by atoms with Gasteiger partial charge in [-0.25, -0.2) is 17.6 Å². The molecule has 0 unspecified atom stereocenters. The van der Waals surface area contributed by atoms with Crippen LogP contribution in [0.25, 0.3) is 0 Å². The second kappa shape index (κ2) is 6.64. The number of carbonyl (C=O) groups is 1. The van der Waals surface area contributed by atoms with Crippen LogP contribution < -0.4 is 5.32 Å². The monoisotopic (exact) mass is 327 g/mol. The molecule has 0 bridgehead atoms. The maximum absolute atomic E-state index is 12.9. The molecule has 0 aliphatic heterocycles. The van der Waals surface area contributed by atoms with Gasteiger partial charge in [0.15, 0.2) is 0 Å². The number of nitrogens with one attached hydrogen (secondary N) is 1. The zero-order valence-corrected chi connectivity index (χ0v) is 11.7. The summed E-state index contributed by atoms with van der Waals surface area (Å²) in [5.41, 5.74) is -1.78. The van der Waals surface area contributed by atoms with Gasteiger partial charge < -0.3 is 5.32 Å². The first-order valence-corrected chi connectivity index (χ1v) is 6.89. The molecular weight excluding hydrogens is 314 g/mol. The number of halogens is 5. The highest BCUT2D eigenvalue weighted by Crippen LogP contribution is 2.34. The van der Waals surface area contributed by atoms with E-state index in [0.29, 0.717) is 4.68 Å². The number of amides is 1. The summed E-state index contributed by atoms with van der Waals surface area (Å²) in [7, 11) is 0. The van der Waals surface area contributed by atoms with Crippen LogP contribution in [0.1, 0.15) is 49.9 Å². The van der Waals surface area contributed by atoms with E-state index in [2.05, 4.69) is 10.4 Å². The molecule has 21 heavy (non-hydrogen) atoms. The van der Waals surface area contributed by atoms with Crippen molar-refractivity contribution in [3.63, 3.8) is 0 Å². The zero-order chi connectivity index (χ0) is 15.6. The Balaban J connectivity index is 2.14. The smallest absolute Gasteiger partial charge is 0.283 e. The molecule has 1 N–H and O–H groups in total. The summed E-state index contributed by atoms with van der Waals surface area (Å²) in [4.78, 5) is 11.8. The molecular formula is C12H14ClF4N3O. The molecule has 1 fully saturated rings. The third-order valence-electron chi connectivity index (χ3n) is 3.38. The fraction of sp³-hybridized carbons (Fsp3) is 0.667. The van der Waals surface area contributed by atoms with Crippen molar-refractivity contribution in [2.75, 3.05) is 0 Å². The summed E-state index contributed by atoms with van der Waals surface area (Å²) < 4.78 is 51.6. The van der Waals surface area contributed by atoms with E-state index >= 15 is 0 Å². The highest BCUT2D eigenvalue weighted by molar-refractivity contribution is 6.32. The Morgan fingerprint density at radius 2 is 1.90 bits per heavy atom. The fourth-order valence-corrected chi connectivity index (χ4v) is 2.72. The van der Waals surface area contributed by atoms with E-state index in [1.165, 1.54) is 0 Å². The lowest BCUT2D eigenvalue weighted by atomic mass is 10.2. The van der Waals surface area contributed by atoms with Gasteiger partial charge in [0.1, 0.15) is 17.9 Å². The Kier molecular flexibility index (Phi) is 5.08. The quantitative estimate of drug-likeness (QED) is 0.842. The molecule has 0 saturated heterocycles. The number of carbonyl (C=O) groups excluding carboxylic acids is 1. The number of hydrogen-bond donors (Lipinski definition) is 1. The Bertz CT molecular complexity index is 515.